The highest BCUT2D eigenvalue weighted by molar-refractivity contribution is 6.28. The Balaban J connectivity index is 2.01. The molecule has 0 bridgehead atoms. The van der Waals surface area contributed by atoms with Crippen molar-refractivity contribution in [3.05, 3.63) is 5.28 Å². The lowest BCUT2D eigenvalue weighted by molar-refractivity contribution is 0.0314. The fourth-order valence-corrected chi connectivity index (χ4v) is 2.07. The number of hydrogen-bond acceptors (Lipinski definition) is 6. The Bertz CT molecular complexity index is 436. The van der Waals surface area contributed by atoms with Crippen molar-refractivity contribution in [3.8, 4) is 6.01 Å². The average Bonchev–Trinajstić information content (AvgIpc) is 2.73. The van der Waals surface area contributed by atoms with Crippen molar-refractivity contribution in [2.24, 2.45) is 0 Å². The van der Waals surface area contributed by atoms with Crippen LogP contribution in [0.2, 0.25) is 5.28 Å². The molecule has 1 aliphatic rings. The first-order chi connectivity index (χ1) is 8.97. The molecule has 0 saturated carbocycles. The van der Waals surface area contributed by atoms with Crippen LogP contribution in [0.25, 0.3) is 0 Å². The van der Waals surface area contributed by atoms with Gasteiger partial charge in [-0.25, -0.2) is 0 Å². The minimum absolute atomic E-state index is 0.0120. The molecule has 0 spiro atoms. The molecule has 1 saturated heterocycles. The number of ether oxygens (including phenoxy) is 2. The van der Waals surface area contributed by atoms with Gasteiger partial charge in [-0.3, -0.25) is 0 Å². The second-order valence-electron chi connectivity index (χ2n) is 5.13. The summed E-state index contributed by atoms with van der Waals surface area (Å²) in [6, 6.07) is 0.231. The van der Waals surface area contributed by atoms with Gasteiger partial charge < -0.3 is 14.8 Å². The highest BCUT2D eigenvalue weighted by atomic mass is 35.5. The van der Waals surface area contributed by atoms with Gasteiger partial charge in [0.2, 0.25) is 11.2 Å². The number of nitrogens with one attached hydrogen (secondary N) is 1. The van der Waals surface area contributed by atoms with Gasteiger partial charge in [-0.2, -0.15) is 15.0 Å². The monoisotopic (exact) mass is 286 g/mol. The van der Waals surface area contributed by atoms with Crippen LogP contribution in [0.1, 0.15) is 33.6 Å². The van der Waals surface area contributed by atoms with Crippen LogP contribution < -0.4 is 10.1 Å². The molecule has 0 radical (unpaired) electrons. The van der Waals surface area contributed by atoms with E-state index in [1.54, 1.807) is 0 Å². The van der Waals surface area contributed by atoms with Gasteiger partial charge in [0, 0.05) is 13.2 Å². The molecule has 1 N–H and O–H groups in total. The maximum absolute atomic E-state index is 5.85. The molecular formula is C12H19ClN4O2. The summed E-state index contributed by atoms with van der Waals surface area (Å²) in [5.74, 6) is 0.410. The lowest BCUT2D eigenvalue weighted by atomic mass is 10.0. The third-order valence-electron chi connectivity index (χ3n) is 2.85. The molecule has 1 aromatic heterocycles. The Labute approximate surface area is 117 Å². The van der Waals surface area contributed by atoms with Gasteiger partial charge in [-0.1, -0.05) is 0 Å². The van der Waals surface area contributed by atoms with Gasteiger partial charge in [0.15, 0.2) is 0 Å². The molecule has 19 heavy (non-hydrogen) atoms. The van der Waals surface area contributed by atoms with Crippen LogP contribution in [0.3, 0.4) is 0 Å². The molecule has 2 rings (SSSR count). The first-order valence-electron chi connectivity index (χ1n) is 6.43. The first-order valence-corrected chi connectivity index (χ1v) is 6.81. The Kier molecular flexibility index (Phi) is 4.42. The lowest BCUT2D eigenvalue weighted by Gasteiger charge is -2.23. The molecule has 0 aliphatic carbocycles. The quantitative estimate of drug-likeness (QED) is 0.896. The van der Waals surface area contributed by atoms with Gasteiger partial charge >= 0.3 is 6.01 Å². The number of hydrogen-bond donors (Lipinski definition) is 1. The maximum Gasteiger partial charge on any atom is 0.322 e. The van der Waals surface area contributed by atoms with Crippen LogP contribution in [0.4, 0.5) is 5.95 Å². The largest absolute Gasteiger partial charge is 0.461 e. The Morgan fingerprint density at radius 3 is 2.84 bits per heavy atom. The first kappa shape index (κ1) is 14.3. The SMILES string of the molecule is CC(C)Oc1nc(Cl)nc(NCC2(C)CCCO2)n1. The molecular weight excluding hydrogens is 268 g/mol. The second-order valence-corrected chi connectivity index (χ2v) is 5.47. The summed E-state index contributed by atoms with van der Waals surface area (Å²) in [5.41, 5.74) is -0.168. The number of halogens is 1. The van der Waals surface area contributed by atoms with E-state index in [1.165, 1.54) is 0 Å². The zero-order chi connectivity index (χ0) is 13.9. The van der Waals surface area contributed by atoms with E-state index in [2.05, 4.69) is 27.2 Å². The molecule has 0 amide bonds. The highest BCUT2D eigenvalue weighted by Crippen LogP contribution is 2.25. The summed E-state index contributed by atoms with van der Waals surface area (Å²) in [6.07, 6.45) is 2.09. The molecule has 6 nitrogen and oxygen atoms in total. The van der Waals surface area contributed by atoms with Gasteiger partial charge in [-0.15, -0.1) is 0 Å². The smallest absolute Gasteiger partial charge is 0.322 e. The summed E-state index contributed by atoms with van der Waals surface area (Å²) >= 11 is 5.85. The maximum atomic E-state index is 5.85. The van der Waals surface area contributed by atoms with Crippen LogP contribution in [-0.4, -0.2) is 39.8 Å². The van der Waals surface area contributed by atoms with Crippen molar-refractivity contribution in [2.45, 2.75) is 45.3 Å². The Morgan fingerprint density at radius 1 is 1.42 bits per heavy atom. The van der Waals surface area contributed by atoms with Crippen LogP contribution in [0, 0.1) is 0 Å². The third kappa shape index (κ3) is 4.18. The van der Waals surface area contributed by atoms with E-state index in [1.807, 2.05) is 13.8 Å². The Morgan fingerprint density at radius 2 is 2.21 bits per heavy atom. The third-order valence-corrected chi connectivity index (χ3v) is 3.02. The molecule has 106 valence electrons. The van der Waals surface area contributed by atoms with E-state index < -0.39 is 0 Å². The van der Waals surface area contributed by atoms with E-state index in [-0.39, 0.29) is 23.0 Å². The van der Waals surface area contributed by atoms with E-state index in [0.29, 0.717) is 12.5 Å². The molecule has 1 aliphatic heterocycles. The molecule has 0 aromatic carbocycles. The van der Waals surface area contributed by atoms with Crippen molar-refractivity contribution in [3.63, 3.8) is 0 Å². The minimum atomic E-state index is -0.168. The number of aromatic nitrogens is 3. The van der Waals surface area contributed by atoms with Crippen molar-refractivity contribution in [1.29, 1.82) is 0 Å². The van der Waals surface area contributed by atoms with Crippen LogP contribution in [0.15, 0.2) is 0 Å². The zero-order valence-corrected chi connectivity index (χ0v) is 12.2. The average molecular weight is 287 g/mol. The van der Waals surface area contributed by atoms with E-state index in [9.17, 15) is 0 Å². The van der Waals surface area contributed by atoms with E-state index in [0.717, 1.165) is 19.4 Å². The highest BCUT2D eigenvalue weighted by Gasteiger charge is 2.29. The number of nitrogens with zero attached hydrogens (tertiary/aromatic N) is 3. The fraction of sp³-hybridized carbons (Fsp3) is 0.750. The fourth-order valence-electron chi connectivity index (χ4n) is 1.92. The number of anilines is 1. The molecule has 1 fully saturated rings. The van der Waals surface area contributed by atoms with Gasteiger partial charge in [0.05, 0.1) is 11.7 Å². The topological polar surface area (TPSA) is 69.2 Å². The van der Waals surface area contributed by atoms with Crippen LogP contribution in [0.5, 0.6) is 6.01 Å². The second kappa shape index (κ2) is 5.88. The summed E-state index contributed by atoms with van der Waals surface area (Å²) in [7, 11) is 0. The lowest BCUT2D eigenvalue weighted by Crippen LogP contribution is -2.33. The van der Waals surface area contributed by atoms with Crippen molar-refractivity contribution >= 4 is 17.5 Å². The molecule has 7 heteroatoms. The summed E-state index contributed by atoms with van der Waals surface area (Å²) in [5, 5.41) is 3.25. The van der Waals surface area contributed by atoms with Crippen molar-refractivity contribution in [2.75, 3.05) is 18.5 Å². The van der Waals surface area contributed by atoms with Gasteiger partial charge in [-0.05, 0) is 45.2 Å². The molecule has 1 unspecified atom stereocenters. The van der Waals surface area contributed by atoms with Gasteiger partial charge in [0.1, 0.15) is 0 Å². The molecule has 1 aromatic rings. The summed E-state index contributed by atoms with van der Waals surface area (Å²) < 4.78 is 11.1. The predicted molar refractivity (Wildman–Crippen MR) is 72.7 cm³/mol. The van der Waals surface area contributed by atoms with E-state index >= 15 is 0 Å². The Hall–Kier alpha value is -1.14. The normalized spacial score (nSPS) is 22.8. The van der Waals surface area contributed by atoms with Crippen LogP contribution in [-0.2, 0) is 4.74 Å². The predicted octanol–water partition coefficient (Wildman–Crippen LogP) is 2.29. The standard InChI is InChI=1S/C12H19ClN4O2/c1-8(2)19-11-16-9(13)15-10(17-11)14-7-12(3)5-4-6-18-12/h8H,4-7H2,1-3H3,(H,14,15,16,17). The van der Waals surface area contributed by atoms with Crippen LogP contribution >= 0.6 is 11.6 Å². The number of rotatable bonds is 5. The summed E-state index contributed by atoms with van der Waals surface area (Å²) in [6.45, 7) is 7.31. The van der Waals surface area contributed by atoms with Crippen molar-refractivity contribution < 1.29 is 9.47 Å². The van der Waals surface area contributed by atoms with E-state index in [4.69, 9.17) is 21.1 Å². The molecule has 1 atom stereocenters. The van der Waals surface area contributed by atoms with Gasteiger partial charge in [0.25, 0.3) is 0 Å². The van der Waals surface area contributed by atoms with Crippen molar-refractivity contribution in [1.82, 2.24) is 15.0 Å². The zero-order valence-electron chi connectivity index (χ0n) is 11.4. The summed E-state index contributed by atoms with van der Waals surface area (Å²) in [4.78, 5) is 12.1. The minimum Gasteiger partial charge on any atom is -0.461 e. The molecule has 2 heterocycles.